The number of nitrogens with one attached hydrogen (secondary N) is 1. The van der Waals surface area contributed by atoms with E-state index in [9.17, 15) is 27.8 Å². The largest absolute Gasteiger partial charge is 0.392 e. The molecule has 2 aliphatic rings. The van der Waals surface area contributed by atoms with E-state index in [1.807, 2.05) is 0 Å². The van der Waals surface area contributed by atoms with Gasteiger partial charge in [-0.2, -0.15) is 0 Å². The number of carbonyl (C=O) groups excluding carboxylic acids is 1. The van der Waals surface area contributed by atoms with Crippen molar-refractivity contribution < 1.29 is 27.8 Å². The van der Waals surface area contributed by atoms with Crippen molar-refractivity contribution in [3.8, 4) is 0 Å². The van der Waals surface area contributed by atoms with Gasteiger partial charge in [0.25, 0.3) is 5.91 Å². The predicted octanol–water partition coefficient (Wildman–Crippen LogP) is 3.94. The van der Waals surface area contributed by atoms with Crippen LogP contribution in [-0.2, 0) is 16.4 Å². The Morgan fingerprint density at radius 2 is 1.84 bits per heavy atom. The van der Waals surface area contributed by atoms with Gasteiger partial charge in [0.2, 0.25) is 0 Å². The Balaban J connectivity index is 1.59. The van der Waals surface area contributed by atoms with Crippen LogP contribution in [-0.4, -0.2) is 35.4 Å². The molecule has 0 saturated heterocycles. The minimum absolute atomic E-state index is 0.0324. The highest BCUT2D eigenvalue weighted by Gasteiger charge is 2.53. The number of aliphatic hydroxyl groups is 2. The molecule has 6 nitrogen and oxygen atoms in total. The molecule has 172 valence electrons. The molecule has 2 fully saturated rings. The van der Waals surface area contributed by atoms with Crippen molar-refractivity contribution in [3.63, 3.8) is 0 Å². The van der Waals surface area contributed by atoms with E-state index in [4.69, 9.17) is 11.6 Å². The average Bonchev–Trinajstić information content (AvgIpc) is 2.92. The summed E-state index contributed by atoms with van der Waals surface area (Å²) >= 11 is 6.24. The smallest absolute Gasteiger partial charge is 0.255 e. The van der Waals surface area contributed by atoms with E-state index < -0.39 is 39.0 Å². The first-order valence-electron chi connectivity index (χ1n) is 10.5. The highest BCUT2D eigenvalue weighted by atomic mass is 35.5. The fraction of sp³-hybridized carbons (Fsp3) is 0.435. The summed E-state index contributed by atoms with van der Waals surface area (Å²) in [6.45, 7) is 1.27. The standard InChI is InChI=1S/C23H25ClFNO5S/c1-23(29)15-3-4-16(23)11-18(10-15)32(30,31)21-9-13(2-6-19(21)24)22(28)26-17-5-7-20(25)14(8-17)12-27/h2,5-9,15-16,18,27,29H,3-4,10-12H2,1H3,(H,26,28)/t15-,16?,18?,23?/m0/s1. The van der Waals surface area contributed by atoms with Crippen LogP contribution in [0.5, 0.6) is 0 Å². The average molecular weight is 482 g/mol. The third-order valence-corrected chi connectivity index (χ3v) is 9.68. The van der Waals surface area contributed by atoms with Gasteiger partial charge in [0, 0.05) is 16.8 Å². The van der Waals surface area contributed by atoms with Crippen LogP contribution in [0.3, 0.4) is 0 Å². The molecule has 0 aliphatic heterocycles. The van der Waals surface area contributed by atoms with E-state index in [0.717, 1.165) is 18.9 Å². The molecule has 4 rings (SSSR count). The molecule has 0 aromatic heterocycles. The Morgan fingerprint density at radius 3 is 2.47 bits per heavy atom. The number of benzene rings is 2. The van der Waals surface area contributed by atoms with Crippen molar-refractivity contribution in [3.05, 3.63) is 58.4 Å². The molecule has 2 bridgehead atoms. The summed E-state index contributed by atoms with van der Waals surface area (Å²) in [5.41, 5.74) is -0.454. The molecule has 0 heterocycles. The lowest BCUT2D eigenvalue weighted by molar-refractivity contribution is -0.0413. The van der Waals surface area contributed by atoms with Crippen LogP contribution in [0.1, 0.15) is 48.5 Å². The quantitative estimate of drug-likeness (QED) is 0.600. The maximum absolute atomic E-state index is 13.6. The SMILES string of the molecule is CC1(O)C2CC[C@H]1CC(S(=O)(=O)c1cc(C(=O)Nc3ccc(F)c(CO)c3)ccc1Cl)C2. The van der Waals surface area contributed by atoms with E-state index in [2.05, 4.69) is 5.32 Å². The molecular weight excluding hydrogens is 457 g/mol. The minimum Gasteiger partial charge on any atom is -0.392 e. The van der Waals surface area contributed by atoms with Gasteiger partial charge in [-0.3, -0.25) is 4.79 Å². The minimum atomic E-state index is -3.82. The summed E-state index contributed by atoms with van der Waals surface area (Å²) in [5, 5.41) is 21.8. The summed E-state index contributed by atoms with van der Waals surface area (Å²) < 4.78 is 40.4. The monoisotopic (exact) mass is 481 g/mol. The molecule has 1 amide bonds. The summed E-state index contributed by atoms with van der Waals surface area (Å²) in [6, 6.07) is 7.85. The molecule has 2 aliphatic carbocycles. The van der Waals surface area contributed by atoms with Crippen LogP contribution in [0.4, 0.5) is 10.1 Å². The molecule has 3 N–H and O–H groups in total. The van der Waals surface area contributed by atoms with Gasteiger partial charge in [0.15, 0.2) is 9.84 Å². The van der Waals surface area contributed by atoms with E-state index in [0.29, 0.717) is 12.8 Å². The van der Waals surface area contributed by atoms with Gasteiger partial charge >= 0.3 is 0 Å². The zero-order valence-corrected chi connectivity index (χ0v) is 19.1. The van der Waals surface area contributed by atoms with Crippen LogP contribution in [0.15, 0.2) is 41.3 Å². The van der Waals surface area contributed by atoms with Gasteiger partial charge in [-0.05, 0) is 80.8 Å². The summed E-state index contributed by atoms with van der Waals surface area (Å²) in [5.74, 6) is -1.33. The van der Waals surface area contributed by atoms with E-state index in [1.165, 1.54) is 30.3 Å². The molecule has 0 radical (unpaired) electrons. The Kier molecular flexibility index (Phi) is 6.09. The first kappa shape index (κ1) is 23.2. The van der Waals surface area contributed by atoms with Crippen LogP contribution < -0.4 is 5.32 Å². The number of hydrogen-bond acceptors (Lipinski definition) is 5. The van der Waals surface area contributed by atoms with Crippen molar-refractivity contribution in [1.29, 1.82) is 0 Å². The fourth-order valence-electron chi connectivity index (χ4n) is 5.04. The number of amides is 1. The van der Waals surface area contributed by atoms with Crippen molar-refractivity contribution in [2.75, 3.05) is 5.32 Å². The van der Waals surface area contributed by atoms with E-state index in [1.54, 1.807) is 6.92 Å². The summed E-state index contributed by atoms with van der Waals surface area (Å²) in [4.78, 5) is 12.6. The Labute approximate surface area is 191 Å². The highest BCUT2D eigenvalue weighted by molar-refractivity contribution is 7.92. The van der Waals surface area contributed by atoms with Crippen LogP contribution >= 0.6 is 11.6 Å². The molecule has 3 unspecified atom stereocenters. The summed E-state index contributed by atoms with van der Waals surface area (Å²) in [7, 11) is -3.82. The van der Waals surface area contributed by atoms with Crippen LogP contribution in [0.2, 0.25) is 5.02 Å². The maximum Gasteiger partial charge on any atom is 0.255 e. The molecule has 9 heteroatoms. The normalized spacial score (nSPS) is 27.3. The highest BCUT2D eigenvalue weighted by Crippen LogP contribution is 2.51. The van der Waals surface area contributed by atoms with E-state index in [-0.39, 0.29) is 38.6 Å². The first-order chi connectivity index (χ1) is 15.0. The number of fused-ring (bicyclic) bond motifs is 2. The van der Waals surface area contributed by atoms with E-state index >= 15 is 0 Å². The molecule has 2 aromatic carbocycles. The zero-order valence-electron chi connectivity index (χ0n) is 17.5. The number of hydrogen-bond donors (Lipinski definition) is 3. The fourth-order valence-corrected chi connectivity index (χ4v) is 7.44. The second kappa shape index (κ2) is 8.41. The Morgan fingerprint density at radius 1 is 1.19 bits per heavy atom. The Bertz CT molecular complexity index is 1150. The van der Waals surface area contributed by atoms with Gasteiger partial charge in [-0.1, -0.05) is 11.6 Å². The number of sulfone groups is 1. The lowest BCUT2D eigenvalue weighted by Gasteiger charge is -2.40. The third kappa shape index (κ3) is 4.05. The summed E-state index contributed by atoms with van der Waals surface area (Å²) in [6.07, 6.45) is 2.32. The van der Waals surface area contributed by atoms with Crippen molar-refractivity contribution in [2.24, 2.45) is 11.8 Å². The maximum atomic E-state index is 13.6. The van der Waals surface area contributed by atoms with Crippen molar-refractivity contribution >= 4 is 33.0 Å². The molecule has 32 heavy (non-hydrogen) atoms. The molecule has 2 aromatic rings. The second-order valence-electron chi connectivity index (χ2n) is 8.90. The topological polar surface area (TPSA) is 104 Å². The molecule has 0 spiro atoms. The van der Waals surface area contributed by atoms with Gasteiger partial charge in [0.1, 0.15) is 5.82 Å². The molecular formula is C23H25ClFNO5S. The van der Waals surface area contributed by atoms with Gasteiger partial charge in [-0.25, -0.2) is 12.8 Å². The van der Waals surface area contributed by atoms with Gasteiger partial charge < -0.3 is 15.5 Å². The zero-order chi connectivity index (χ0) is 23.3. The van der Waals surface area contributed by atoms with Crippen LogP contribution in [0.25, 0.3) is 0 Å². The number of aliphatic hydroxyl groups excluding tert-OH is 1. The number of halogens is 2. The third-order valence-electron chi connectivity index (χ3n) is 7.02. The Hall–Kier alpha value is -2.00. The molecule has 4 atom stereocenters. The van der Waals surface area contributed by atoms with Crippen molar-refractivity contribution in [1.82, 2.24) is 0 Å². The number of carbonyl (C=O) groups is 1. The van der Waals surface area contributed by atoms with Crippen LogP contribution in [0, 0.1) is 17.7 Å². The number of anilines is 1. The van der Waals surface area contributed by atoms with Gasteiger partial charge in [0.05, 0.1) is 27.4 Å². The molecule has 2 saturated carbocycles. The lowest BCUT2D eigenvalue weighted by Crippen LogP contribution is -2.45. The lowest BCUT2D eigenvalue weighted by atomic mass is 9.76. The predicted molar refractivity (Wildman–Crippen MR) is 119 cm³/mol. The first-order valence-corrected chi connectivity index (χ1v) is 12.4. The number of rotatable bonds is 5. The van der Waals surface area contributed by atoms with Gasteiger partial charge in [-0.15, -0.1) is 0 Å². The second-order valence-corrected chi connectivity index (χ2v) is 11.5. The van der Waals surface area contributed by atoms with Crippen molar-refractivity contribution in [2.45, 2.75) is 55.0 Å².